The van der Waals surface area contributed by atoms with Crippen molar-refractivity contribution in [2.75, 3.05) is 5.32 Å². The molecule has 2 rings (SSSR count). The van der Waals surface area contributed by atoms with Gasteiger partial charge in [-0.15, -0.1) is 0 Å². The number of thiocarbonyl (C=S) groups is 1. The van der Waals surface area contributed by atoms with Gasteiger partial charge in [0.2, 0.25) is 0 Å². The van der Waals surface area contributed by atoms with Crippen molar-refractivity contribution in [2.24, 2.45) is 5.73 Å². The largest absolute Gasteiger partial charge is 0.507 e. The van der Waals surface area contributed by atoms with Gasteiger partial charge in [-0.1, -0.05) is 40.3 Å². The zero-order valence-electron chi connectivity index (χ0n) is 11.2. The highest BCUT2D eigenvalue weighted by molar-refractivity contribution is 9.10. The summed E-state index contributed by atoms with van der Waals surface area (Å²) in [6.07, 6.45) is 0. The molecule has 2 aromatic carbocycles. The van der Waals surface area contributed by atoms with Crippen molar-refractivity contribution in [1.29, 1.82) is 0 Å². The maximum atomic E-state index is 12.2. The maximum Gasteiger partial charge on any atom is 0.259 e. The van der Waals surface area contributed by atoms with E-state index in [2.05, 4.69) is 21.2 Å². The van der Waals surface area contributed by atoms with Crippen molar-refractivity contribution < 1.29 is 9.90 Å². The smallest absolute Gasteiger partial charge is 0.259 e. The van der Waals surface area contributed by atoms with Gasteiger partial charge < -0.3 is 16.2 Å². The van der Waals surface area contributed by atoms with Crippen LogP contribution in [0.5, 0.6) is 5.75 Å². The minimum absolute atomic E-state index is 0.0926. The SMILES string of the molecule is Cc1ccc(C(N)=S)cc1NC(=O)c1ccc(Br)cc1O. The van der Waals surface area contributed by atoms with Crippen molar-refractivity contribution in [1.82, 2.24) is 0 Å². The van der Waals surface area contributed by atoms with Gasteiger partial charge in [0.25, 0.3) is 5.91 Å². The fourth-order valence-corrected chi connectivity index (χ4v) is 2.27. The third-order valence-corrected chi connectivity index (χ3v) is 3.70. The predicted octanol–water partition coefficient (Wildman–Crippen LogP) is 3.35. The molecule has 4 N–H and O–H groups in total. The van der Waals surface area contributed by atoms with E-state index in [4.69, 9.17) is 18.0 Å². The predicted molar refractivity (Wildman–Crippen MR) is 90.8 cm³/mol. The lowest BCUT2D eigenvalue weighted by molar-refractivity contribution is 0.102. The molecule has 0 aliphatic carbocycles. The summed E-state index contributed by atoms with van der Waals surface area (Å²) in [7, 11) is 0. The Labute approximate surface area is 136 Å². The van der Waals surface area contributed by atoms with Crippen molar-refractivity contribution in [3.05, 3.63) is 57.6 Å². The lowest BCUT2D eigenvalue weighted by Crippen LogP contribution is -2.15. The monoisotopic (exact) mass is 364 g/mol. The van der Waals surface area contributed by atoms with Gasteiger partial charge in [-0.2, -0.15) is 0 Å². The topological polar surface area (TPSA) is 75.3 Å². The van der Waals surface area contributed by atoms with Gasteiger partial charge in [0, 0.05) is 15.7 Å². The van der Waals surface area contributed by atoms with Gasteiger partial charge in [-0.3, -0.25) is 4.79 Å². The molecule has 4 nitrogen and oxygen atoms in total. The Kier molecular flexibility index (Phi) is 4.59. The van der Waals surface area contributed by atoms with Crippen LogP contribution in [0.4, 0.5) is 5.69 Å². The van der Waals surface area contributed by atoms with E-state index in [-0.39, 0.29) is 16.3 Å². The molecular weight excluding hydrogens is 352 g/mol. The highest BCUT2D eigenvalue weighted by atomic mass is 79.9. The number of phenols is 1. The van der Waals surface area contributed by atoms with Crippen molar-refractivity contribution in [3.63, 3.8) is 0 Å². The first kappa shape index (κ1) is 15.5. The van der Waals surface area contributed by atoms with Gasteiger partial charge in [0.1, 0.15) is 10.7 Å². The number of benzene rings is 2. The molecule has 0 saturated carbocycles. The first-order valence-corrected chi connectivity index (χ1v) is 7.29. The molecule has 0 spiro atoms. The quantitative estimate of drug-likeness (QED) is 0.730. The van der Waals surface area contributed by atoms with Crippen LogP contribution in [0.2, 0.25) is 0 Å². The van der Waals surface area contributed by atoms with Crippen LogP contribution in [0.1, 0.15) is 21.5 Å². The van der Waals surface area contributed by atoms with E-state index in [0.717, 1.165) is 5.56 Å². The van der Waals surface area contributed by atoms with E-state index >= 15 is 0 Å². The van der Waals surface area contributed by atoms with E-state index in [9.17, 15) is 9.90 Å². The number of amides is 1. The zero-order chi connectivity index (χ0) is 15.6. The van der Waals surface area contributed by atoms with Crippen molar-refractivity contribution >= 4 is 44.7 Å². The second kappa shape index (κ2) is 6.24. The van der Waals surface area contributed by atoms with Crippen LogP contribution < -0.4 is 11.1 Å². The molecule has 0 saturated heterocycles. The second-order valence-corrected chi connectivity index (χ2v) is 5.87. The Bertz CT molecular complexity index is 732. The molecule has 0 aromatic heterocycles. The molecule has 0 atom stereocenters. The molecule has 21 heavy (non-hydrogen) atoms. The number of aromatic hydroxyl groups is 1. The van der Waals surface area contributed by atoms with Crippen LogP contribution in [0.25, 0.3) is 0 Å². The molecule has 0 aliphatic rings. The third-order valence-electron chi connectivity index (χ3n) is 2.97. The molecule has 108 valence electrons. The van der Waals surface area contributed by atoms with E-state index in [1.807, 2.05) is 13.0 Å². The van der Waals surface area contributed by atoms with Crippen LogP contribution in [0.3, 0.4) is 0 Å². The summed E-state index contributed by atoms with van der Waals surface area (Å²) in [4.78, 5) is 12.5. The van der Waals surface area contributed by atoms with Crippen molar-refractivity contribution in [3.8, 4) is 5.75 Å². The fourth-order valence-electron chi connectivity index (χ4n) is 1.80. The van der Waals surface area contributed by atoms with Gasteiger partial charge in [-0.25, -0.2) is 0 Å². The molecule has 0 fully saturated rings. The Balaban J connectivity index is 2.31. The number of nitrogens with one attached hydrogen (secondary N) is 1. The lowest BCUT2D eigenvalue weighted by Gasteiger charge is -2.11. The molecule has 0 heterocycles. The summed E-state index contributed by atoms with van der Waals surface area (Å²) in [6, 6.07) is 10.0. The van der Waals surface area contributed by atoms with Crippen LogP contribution in [0, 0.1) is 6.92 Å². The Morgan fingerprint density at radius 1 is 1.29 bits per heavy atom. The minimum atomic E-state index is -0.400. The van der Waals surface area contributed by atoms with Crippen LogP contribution in [-0.4, -0.2) is 16.0 Å². The molecular formula is C15H13BrN2O2S. The average Bonchev–Trinajstić information content (AvgIpc) is 2.40. The van der Waals surface area contributed by atoms with Gasteiger partial charge >= 0.3 is 0 Å². The van der Waals surface area contributed by atoms with Gasteiger partial charge in [-0.05, 0) is 36.8 Å². The number of carbonyl (C=O) groups excluding carboxylic acids is 1. The zero-order valence-corrected chi connectivity index (χ0v) is 13.6. The second-order valence-electron chi connectivity index (χ2n) is 4.51. The van der Waals surface area contributed by atoms with Crippen LogP contribution in [0.15, 0.2) is 40.9 Å². The number of hydrogen-bond donors (Lipinski definition) is 3. The summed E-state index contributed by atoms with van der Waals surface area (Å²) >= 11 is 8.16. The highest BCUT2D eigenvalue weighted by Gasteiger charge is 2.13. The van der Waals surface area contributed by atoms with Gasteiger partial charge in [0.15, 0.2) is 0 Å². The fraction of sp³-hybridized carbons (Fsp3) is 0.0667. The maximum absolute atomic E-state index is 12.2. The van der Waals surface area contributed by atoms with E-state index in [0.29, 0.717) is 15.7 Å². The average molecular weight is 365 g/mol. The summed E-state index contributed by atoms with van der Waals surface area (Å²) in [6.45, 7) is 1.86. The van der Waals surface area contributed by atoms with E-state index < -0.39 is 5.91 Å². The number of aryl methyl sites for hydroxylation is 1. The Hall–Kier alpha value is -1.92. The number of anilines is 1. The molecule has 0 aliphatic heterocycles. The summed E-state index contributed by atoms with van der Waals surface area (Å²) in [5, 5.41) is 12.6. The molecule has 0 unspecified atom stereocenters. The standard InChI is InChI=1S/C15H13BrN2O2S/c1-8-2-3-9(14(17)21)6-12(8)18-15(20)11-5-4-10(16)7-13(11)19/h2-7,19H,1H3,(H2,17,21)(H,18,20). The molecule has 1 amide bonds. The number of nitrogens with two attached hydrogens (primary N) is 1. The molecule has 0 radical (unpaired) electrons. The molecule has 0 bridgehead atoms. The summed E-state index contributed by atoms with van der Waals surface area (Å²) in [5.74, 6) is -0.492. The summed E-state index contributed by atoms with van der Waals surface area (Å²) < 4.78 is 0.697. The first-order chi connectivity index (χ1) is 9.88. The number of rotatable bonds is 3. The molecule has 6 heteroatoms. The Morgan fingerprint density at radius 2 is 2.00 bits per heavy atom. The first-order valence-electron chi connectivity index (χ1n) is 6.09. The lowest BCUT2D eigenvalue weighted by atomic mass is 10.1. The Morgan fingerprint density at radius 3 is 2.62 bits per heavy atom. The van der Waals surface area contributed by atoms with Gasteiger partial charge in [0.05, 0.1) is 5.56 Å². The van der Waals surface area contributed by atoms with Crippen LogP contribution in [-0.2, 0) is 0 Å². The molecule has 2 aromatic rings. The highest BCUT2D eigenvalue weighted by Crippen LogP contribution is 2.24. The van der Waals surface area contributed by atoms with Crippen molar-refractivity contribution in [2.45, 2.75) is 6.92 Å². The van der Waals surface area contributed by atoms with E-state index in [1.54, 1.807) is 24.3 Å². The number of phenolic OH excluding ortho intramolecular Hbond substituents is 1. The number of hydrogen-bond acceptors (Lipinski definition) is 3. The normalized spacial score (nSPS) is 10.2. The number of halogens is 1. The van der Waals surface area contributed by atoms with E-state index in [1.165, 1.54) is 6.07 Å². The minimum Gasteiger partial charge on any atom is -0.507 e. The summed E-state index contributed by atoms with van der Waals surface area (Å²) in [5.41, 5.74) is 7.93. The third kappa shape index (κ3) is 3.59. The van der Waals surface area contributed by atoms with Crippen LogP contribution >= 0.6 is 28.1 Å². The number of carbonyl (C=O) groups is 1.